The van der Waals surface area contributed by atoms with Crippen LogP contribution in [0.4, 0.5) is 0 Å². The number of hydrogen-bond acceptors (Lipinski definition) is 5. The van der Waals surface area contributed by atoms with E-state index in [1.807, 2.05) is 37.3 Å². The van der Waals surface area contributed by atoms with Crippen LogP contribution in [0.5, 0.6) is 0 Å². The predicted octanol–water partition coefficient (Wildman–Crippen LogP) is 3.07. The van der Waals surface area contributed by atoms with Gasteiger partial charge in [-0.2, -0.15) is 0 Å². The molecule has 0 aliphatic heterocycles. The molecule has 0 amide bonds. The van der Waals surface area contributed by atoms with Crippen LogP contribution in [-0.4, -0.2) is 20.6 Å². The maximum atomic E-state index is 13.1. The number of carboxylic acid groups (broad SMARTS) is 1. The van der Waals surface area contributed by atoms with Gasteiger partial charge < -0.3 is 9.52 Å². The molecular formula is C19H14N2O5S. The maximum Gasteiger partial charge on any atom is 0.371 e. The minimum Gasteiger partial charge on any atom is -0.475 e. The van der Waals surface area contributed by atoms with E-state index in [2.05, 4.69) is 4.98 Å². The molecule has 0 unspecified atom stereocenters. The van der Waals surface area contributed by atoms with Gasteiger partial charge in [0, 0.05) is 10.4 Å². The van der Waals surface area contributed by atoms with Gasteiger partial charge in [-0.3, -0.25) is 14.3 Å². The number of H-pyrrole nitrogens is 1. The van der Waals surface area contributed by atoms with E-state index in [0.717, 1.165) is 20.6 Å². The zero-order valence-corrected chi connectivity index (χ0v) is 15.0. The Morgan fingerprint density at radius 1 is 1.19 bits per heavy atom. The van der Waals surface area contributed by atoms with Crippen LogP contribution in [0.25, 0.3) is 21.3 Å². The Bertz CT molecular complexity index is 1280. The third-order valence-corrected chi connectivity index (χ3v) is 5.28. The highest BCUT2D eigenvalue weighted by Crippen LogP contribution is 2.34. The average Bonchev–Trinajstić information content (AvgIpc) is 3.23. The van der Waals surface area contributed by atoms with Crippen molar-refractivity contribution in [2.24, 2.45) is 0 Å². The number of aromatic amines is 1. The van der Waals surface area contributed by atoms with Gasteiger partial charge in [-0.15, -0.1) is 11.3 Å². The van der Waals surface area contributed by atoms with Gasteiger partial charge in [0.1, 0.15) is 10.6 Å². The van der Waals surface area contributed by atoms with E-state index in [-0.39, 0.29) is 18.1 Å². The Morgan fingerprint density at radius 3 is 2.59 bits per heavy atom. The van der Waals surface area contributed by atoms with Crippen molar-refractivity contribution in [3.05, 3.63) is 79.7 Å². The molecule has 8 heteroatoms. The first-order valence-corrected chi connectivity index (χ1v) is 8.91. The molecule has 0 saturated heterocycles. The number of hydrogen-bond donors (Lipinski definition) is 2. The molecule has 0 saturated carbocycles. The lowest BCUT2D eigenvalue weighted by atomic mass is 10.0. The fraction of sp³-hybridized carbons (Fsp3) is 0.105. The summed E-state index contributed by atoms with van der Waals surface area (Å²) in [4.78, 5) is 40.6. The first-order chi connectivity index (χ1) is 13.0. The second-order valence-electron chi connectivity index (χ2n) is 6.00. The van der Waals surface area contributed by atoms with Crippen LogP contribution in [0.15, 0.2) is 56.5 Å². The monoisotopic (exact) mass is 382 g/mol. The topological polar surface area (TPSA) is 105 Å². The first-order valence-electron chi connectivity index (χ1n) is 8.09. The van der Waals surface area contributed by atoms with Crippen molar-refractivity contribution < 1.29 is 14.3 Å². The van der Waals surface area contributed by atoms with Crippen molar-refractivity contribution in [1.29, 1.82) is 0 Å². The van der Waals surface area contributed by atoms with Crippen LogP contribution in [0.3, 0.4) is 0 Å². The summed E-state index contributed by atoms with van der Waals surface area (Å²) >= 11 is 1.35. The number of fused-ring (bicyclic) bond motifs is 1. The van der Waals surface area contributed by atoms with Crippen molar-refractivity contribution >= 4 is 27.5 Å². The van der Waals surface area contributed by atoms with Crippen LogP contribution >= 0.6 is 11.3 Å². The second kappa shape index (κ2) is 6.40. The molecule has 4 rings (SSSR count). The SMILES string of the molecule is Cc1sc2[nH]c(=O)n(Cc3ccc(C(=O)O)o3)c(=O)c2c1-c1ccccc1. The van der Waals surface area contributed by atoms with Gasteiger partial charge in [0.25, 0.3) is 5.56 Å². The van der Waals surface area contributed by atoms with Gasteiger partial charge in [-0.25, -0.2) is 9.59 Å². The summed E-state index contributed by atoms with van der Waals surface area (Å²) in [5, 5.41) is 9.39. The number of furan rings is 1. The normalized spacial score (nSPS) is 11.1. The van der Waals surface area contributed by atoms with Gasteiger partial charge in [0.05, 0.1) is 11.9 Å². The molecule has 7 nitrogen and oxygen atoms in total. The third kappa shape index (κ3) is 2.89. The maximum absolute atomic E-state index is 13.1. The number of rotatable bonds is 4. The zero-order chi connectivity index (χ0) is 19.1. The number of aromatic carboxylic acids is 1. The van der Waals surface area contributed by atoms with Gasteiger partial charge in [0.15, 0.2) is 0 Å². The minimum atomic E-state index is -1.21. The number of thiophene rings is 1. The molecule has 0 atom stereocenters. The summed E-state index contributed by atoms with van der Waals surface area (Å²) in [5.41, 5.74) is 0.672. The molecule has 27 heavy (non-hydrogen) atoms. The molecule has 1 aromatic carbocycles. The Balaban J connectivity index is 1.90. The largest absolute Gasteiger partial charge is 0.475 e. The number of carbonyl (C=O) groups is 1. The van der Waals surface area contributed by atoms with Crippen LogP contribution in [0.2, 0.25) is 0 Å². The minimum absolute atomic E-state index is 0.152. The van der Waals surface area contributed by atoms with E-state index in [9.17, 15) is 14.4 Å². The predicted molar refractivity (Wildman–Crippen MR) is 102 cm³/mol. The second-order valence-corrected chi connectivity index (χ2v) is 7.22. The summed E-state index contributed by atoms with van der Waals surface area (Å²) < 4.78 is 6.20. The lowest BCUT2D eigenvalue weighted by Crippen LogP contribution is -2.35. The Kier molecular flexibility index (Phi) is 4.04. The third-order valence-electron chi connectivity index (χ3n) is 4.26. The standard InChI is InChI=1S/C19H14N2O5S/c1-10-14(11-5-3-2-4-6-11)15-16(27-10)20-19(25)21(17(15)22)9-12-7-8-13(26-12)18(23)24/h2-8H,9H2,1H3,(H,20,25)(H,23,24). The molecular weight excluding hydrogens is 368 g/mol. The van der Waals surface area contributed by atoms with E-state index < -0.39 is 17.2 Å². The summed E-state index contributed by atoms with van der Waals surface area (Å²) in [6.45, 7) is 1.75. The molecule has 3 aromatic heterocycles. The Labute approximate surface area is 156 Å². The number of carboxylic acids is 1. The first kappa shape index (κ1) is 17.0. The van der Waals surface area contributed by atoms with Gasteiger partial charge in [-0.05, 0) is 24.6 Å². The molecule has 0 spiro atoms. The number of nitrogens with zero attached hydrogens (tertiary/aromatic N) is 1. The molecule has 3 heterocycles. The molecule has 0 bridgehead atoms. The van der Waals surface area contributed by atoms with Gasteiger partial charge >= 0.3 is 11.7 Å². The van der Waals surface area contributed by atoms with Crippen LogP contribution in [0.1, 0.15) is 21.2 Å². The van der Waals surface area contributed by atoms with Crippen molar-refractivity contribution in [2.75, 3.05) is 0 Å². The van der Waals surface area contributed by atoms with Crippen molar-refractivity contribution in [1.82, 2.24) is 9.55 Å². The number of nitrogens with one attached hydrogen (secondary N) is 1. The Hall–Kier alpha value is -3.39. The molecule has 4 aromatic rings. The summed E-state index contributed by atoms with van der Waals surface area (Å²) in [7, 11) is 0. The molecule has 2 N–H and O–H groups in total. The number of aryl methyl sites for hydroxylation is 1. The van der Waals surface area contributed by atoms with E-state index in [1.165, 1.54) is 23.5 Å². The average molecular weight is 382 g/mol. The van der Waals surface area contributed by atoms with E-state index in [1.54, 1.807) is 0 Å². The lowest BCUT2D eigenvalue weighted by Gasteiger charge is -2.05. The highest BCUT2D eigenvalue weighted by atomic mass is 32.1. The van der Waals surface area contributed by atoms with Crippen LogP contribution in [0, 0.1) is 6.92 Å². The van der Waals surface area contributed by atoms with Crippen LogP contribution < -0.4 is 11.2 Å². The zero-order valence-electron chi connectivity index (χ0n) is 14.2. The van der Waals surface area contributed by atoms with Gasteiger partial charge in [0.2, 0.25) is 5.76 Å². The molecule has 0 aliphatic rings. The smallest absolute Gasteiger partial charge is 0.371 e. The van der Waals surface area contributed by atoms with Crippen LogP contribution in [-0.2, 0) is 6.54 Å². The molecule has 0 aliphatic carbocycles. The highest BCUT2D eigenvalue weighted by Gasteiger charge is 2.19. The molecule has 0 fully saturated rings. The fourth-order valence-corrected chi connectivity index (χ4v) is 4.12. The summed E-state index contributed by atoms with van der Waals surface area (Å²) in [6, 6.07) is 12.2. The van der Waals surface area contributed by atoms with E-state index >= 15 is 0 Å². The quantitative estimate of drug-likeness (QED) is 0.564. The van der Waals surface area contributed by atoms with E-state index in [4.69, 9.17) is 9.52 Å². The Morgan fingerprint density at radius 2 is 1.93 bits per heavy atom. The molecule has 136 valence electrons. The fourth-order valence-electron chi connectivity index (χ4n) is 3.06. The highest BCUT2D eigenvalue weighted by molar-refractivity contribution is 7.19. The summed E-state index contributed by atoms with van der Waals surface area (Å²) in [5.74, 6) is -1.24. The number of benzene rings is 1. The van der Waals surface area contributed by atoms with Crippen molar-refractivity contribution in [2.45, 2.75) is 13.5 Å². The van der Waals surface area contributed by atoms with Gasteiger partial charge in [-0.1, -0.05) is 30.3 Å². The van der Waals surface area contributed by atoms with E-state index in [0.29, 0.717) is 10.2 Å². The summed E-state index contributed by atoms with van der Waals surface area (Å²) in [6.07, 6.45) is 0. The molecule has 0 radical (unpaired) electrons. The van der Waals surface area contributed by atoms with Crippen molar-refractivity contribution in [3.63, 3.8) is 0 Å². The number of aromatic nitrogens is 2. The lowest BCUT2D eigenvalue weighted by molar-refractivity contribution is 0.0660. The van der Waals surface area contributed by atoms with Crippen molar-refractivity contribution in [3.8, 4) is 11.1 Å².